The molecule has 1 aliphatic rings. The second-order valence-electron chi connectivity index (χ2n) is 6.15. The van der Waals surface area contributed by atoms with E-state index in [9.17, 15) is 14.4 Å². The zero-order valence-electron chi connectivity index (χ0n) is 15.1. The molecular formula is C20H16N2O4S2. The molecule has 2 aromatic carbocycles. The summed E-state index contributed by atoms with van der Waals surface area (Å²) in [5, 5.41) is 11.8. The highest BCUT2D eigenvalue weighted by Gasteiger charge is 2.28. The van der Waals surface area contributed by atoms with Gasteiger partial charge in [-0.2, -0.15) is 0 Å². The number of amides is 2. The number of hydrogen-bond acceptors (Lipinski definition) is 5. The van der Waals surface area contributed by atoms with E-state index >= 15 is 0 Å². The molecule has 0 atom stereocenters. The minimum atomic E-state index is -1.06. The summed E-state index contributed by atoms with van der Waals surface area (Å²) < 4.78 is 0.506. The largest absolute Gasteiger partial charge is 0.478 e. The Labute approximate surface area is 171 Å². The minimum absolute atomic E-state index is 0.101. The molecule has 0 aliphatic carbocycles. The first-order valence-corrected chi connectivity index (χ1v) is 9.45. The van der Waals surface area contributed by atoms with E-state index in [0.717, 1.165) is 11.1 Å². The lowest BCUT2D eigenvalue weighted by Crippen LogP contribution is -2.22. The maximum absolute atomic E-state index is 12.5. The van der Waals surface area contributed by atoms with Gasteiger partial charge in [0, 0.05) is 18.3 Å². The number of carbonyl (C=O) groups excluding carboxylic acids is 2. The Morgan fingerprint density at radius 2 is 1.79 bits per heavy atom. The average molecular weight is 412 g/mol. The molecule has 2 amide bonds. The SMILES string of the molecule is Cc1ccc(C(=O)O)cc1NC(=O)c1ccc(C=C2SC(=S)N(C)C2=O)cc1. The smallest absolute Gasteiger partial charge is 0.335 e. The molecule has 0 saturated carbocycles. The molecular weight excluding hydrogens is 396 g/mol. The number of carbonyl (C=O) groups is 3. The summed E-state index contributed by atoms with van der Waals surface area (Å²) in [6, 6.07) is 11.3. The Kier molecular flexibility index (Phi) is 5.62. The lowest BCUT2D eigenvalue weighted by atomic mass is 10.1. The van der Waals surface area contributed by atoms with Crippen molar-refractivity contribution in [1.82, 2.24) is 4.90 Å². The molecule has 0 aromatic heterocycles. The van der Waals surface area contributed by atoms with Crippen LogP contribution in [-0.4, -0.2) is 39.2 Å². The topological polar surface area (TPSA) is 86.7 Å². The molecule has 2 aromatic rings. The highest BCUT2D eigenvalue weighted by Crippen LogP contribution is 2.31. The van der Waals surface area contributed by atoms with Crippen LogP contribution in [0, 0.1) is 6.92 Å². The van der Waals surface area contributed by atoms with Crippen LogP contribution < -0.4 is 5.32 Å². The van der Waals surface area contributed by atoms with Crippen LogP contribution in [0.4, 0.5) is 5.69 Å². The van der Waals surface area contributed by atoms with Crippen molar-refractivity contribution in [2.45, 2.75) is 6.92 Å². The molecule has 1 fully saturated rings. The van der Waals surface area contributed by atoms with E-state index in [1.165, 1.54) is 28.8 Å². The van der Waals surface area contributed by atoms with Crippen molar-refractivity contribution in [3.63, 3.8) is 0 Å². The maximum atomic E-state index is 12.5. The Hall–Kier alpha value is -2.97. The van der Waals surface area contributed by atoms with Crippen LogP contribution in [0.2, 0.25) is 0 Å². The second-order valence-corrected chi connectivity index (χ2v) is 7.83. The third-order valence-corrected chi connectivity index (χ3v) is 5.67. The van der Waals surface area contributed by atoms with Crippen molar-refractivity contribution in [3.8, 4) is 0 Å². The molecule has 1 aliphatic heterocycles. The summed E-state index contributed by atoms with van der Waals surface area (Å²) >= 11 is 6.34. The van der Waals surface area contributed by atoms with Gasteiger partial charge in [-0.25, -0.2) is 4.79 Å². The fourth-order valence-corrected chi connectivity index (χ4v) is 3.69. The number of aryl methyl sites for hydroxylation is 1. The van der Waals surface area contributed by atoms with Crippen LogP contribution in [-0.2, 0) is 4.79 Å². The standard InChI is InChI=1S/C20H16N2O4S2/c1-11-3-6-14(19(25)26)10-15(11)21-17(23)13-7-4-12(5-8-13)9-16-18(24)22(2)20(27)28-16/h3-10H,1-2H3,(H,21,23)(H,25,26). The van der Waals surface area contributed by atoms with Gasteiger partial charge in [0.1, 0.15) is 4.32 Å². The molecule has 6 nitrogen and oxygen atoms in total. The number of thioether (sulfide) groups is 1. The first-order chi connectivity index (χ1) is 13.3. The van der Waals surface area contributed by atoms with Crippen molar-refractivity contribution in [3.05, 3.63) is 69.6 Å². The van der Waals surface area contributed by atoms with Crippen molar-refractivity contribution < 1.29 is 19.5 Å². The number of nitrogens with zero attached hydrogens (tertiary/aromatic N) is 1. The lowest BCUT2D eigenvalue weighted by Gasteiger charge is -2.09. The number of hydrogen-bond donors (Lipinski definition) is 2. The monoisotopic (exact) mass is 412 g/mol. The predicted molar refractivity (Wildman–Crippen MR) is 113 cm³/mol. The summed E-state index contributed by atoms with van der Waals surface area (Å²) in [7, 11) is 1.63. The number of aromatic carboxylic acids is 1. The molecule has 1 saturated heterocycles. The Bertz CT molecular complexity index is 1030. The molecule has 28 heavy (non-hydrogen) atoms. The Balaban J connectivity index is 1.76. The summed E-state index contributed by atoms with van der Waals surface area (Å²) in [4.78, 5) is 37.6. The number of carboxylic acid groups (broad SMARTS) is 1. The van der Waals surface area contributed by atoms with Crippen LogP contribution in [0.15, 0.2) is 47.4 Å². The summed E-state index contributed by atoms with van der Waals surface area (Å²) in [5.74, 6) is -1.56. The number of nitrogens with one attached hydrogen (secondary N) is 1. The van der Waals surface area contributed by atoms with Gasteiger partial charge in [0.25, 0.3) is 11.8 Å². The summed E-state index contributed by atoms with van der Waals surface area (Å²) in [6.45, 7) is 1.79. The number of likely N-dealkylation sites (N-methyl/N-ethyl adjacent to an activating group) is 1. The van der Waals surface area contributed by atoms with Crippen LogP contribution in [0.5, 0.6) is 0 Å². The van der Waals surface area contributed by atoms with Gasteiger partial charge in [0.05, 0.1) is 10.5 Å². The highest BCUT2D eigenvalue weighted by molar-refractivity contribution is 8.26. The molecule has 0 bridgehead atoms. The first kappa shape index (κ1) is 19.8. The van der Waals surface area contributed by atoms with Gasteiger partial charge in [-0.3, -0.25) is 14.5 Å². The van der Waals surface area contributed by atoms with Crippen LogP contribution in [0.25, 0.3) is 6.08 Å². The van der Waals surface area contributed by atoms with Gasteiger partial charge < -0.3 is 10.4 Å². The molecule has 1 heterocycles. The lowest BCUT2D eigenvalue weighted by molar-refractivity contribution is -0.121. The van der Waals surface area contributed by atoms with Gasteiger partial charge in [-0.1, -0.05) is 42.2 Å². The third kappa shape index (κ3) is 4.13. The fourth-order valence-electron chi connectivity index (χ4n) is 2.51. The summed E-state index contributed by atoms with van der Waals surface area (Å²) in [5.41, 5.74) is 2.50. The van der Waals surface area contributed by atoms with Crippen LogP contribution in [0.3, 0.4) is 0 Å². The van der Waals surface area contributed by atoms with Crippen LogP contribution >= 0.6 is 24.0 Å². The molecule has 0 spiro atoms. The van der Waals surface area contributed by atoms with Crippen LogP contribution in [0.1, 0.15) is 31.8 Å². The number of thiocarbonyl (C=S) groups is 1. The Morgan fingerprint density at radius 1 is 1.14 bits per heavy atom. The van der Waals surface area contributed by atoms with Crippen molar-refractivity contribution in [2.24, 2.45) is 0 Å². The van der Waals surface area contributed by atoms with Crippen molar-refractivity contribution in [2.75, 3.05) is 12.4 Å². The first-order valence-electron chi connectivity index (χ1n) is 8.23. The van der Waals surface area contributed by atoms with E-state index < -0.39 is 5.97 Å². The van der Waals surface area contributed by atoms with E-state index in [1.807, 2.05) is 0 Å². The molecule has 8 heteroatoms. The molecule has 0 unspecified atom stereocenters. The minimum Gasteiger partial charge on any atom is -0.478 e. The van der Waals surface area contributed by atoms with E-state index in [4.69, 9.17) is 17.3 Å². The van der Waals surface area contributed by atoms with Gasteiger partial charge in [-0.05, 0) is 48.4 Å². The Morgan fingerprint density at radius 3 is 2.36 bits per heavy atom. The maximum Gasteiger partial charge on any atom is 0.335 e. The van der Waals surface area contributed by atoms with E-state index in [0.29, 0.717) is 20.5 Å². The predicted octanol–water partition coefficient (Wildman–Crippen LogP) is 3.78. The fraction of sp³-hybridized carbons (Fsp3) is 0.100. The van der Waals surface area contributed by atoms with E-state index in [-0.39, 0.29) is 17.4 Å². The molecule has 142 valence electrons. The highest BCUT2D eigenvalue weighted by atomic mass is 32.2. The van der Waals surface area contributed by atoms with Gasteiger partial charge in [0.15, 0.2) is 0 Å². The van der Waals surface area contributed by atoms with E-state index in [1.54, 1.807) is 50.4 Å². The van der Waals surface area contributed by atoms with E-state index in [2.05, 4.69) is 5.32 Å². The quantitative estimate of drug-likeness (QED) is 0.587. The van der Waals surface area contributed by atoms with Crippen molar-refractivity contribution >= 4 is 57.8 Å². The number of anilines is 1. The third-order valence-electron chi connectivity index (χ3n) is 4.19. The normalized spacial score (nSPS) is 15.2. The van der Waals surface area contributed by atoms with Gasteiger partial charge in [-0.15, -0.1) is 0 Å². The van der Waals surface area contributed by atoms with Crippen molar-refractivity contribution in [1.29, 1.82) is 0 Å². The zero-order chi connectivity index (χ0) is 20.4. The second kappa shape index (κ2) is 7.95. The number of rotatable bonds is 4. The summed E-state index contributed by atoms with van der Waals surface area (Å²) in [6.07, 6.45) is 1.73. The molecule has 0 radical (unpaired) electrons. The molecule has 2 N–H and O–H groups in total. The van der Waals surface area contributed by atoms with Gasteiger partial charge in [0.2, 0.25) is 0 Å². The number of carboxylic acids is 1. The number of benzene rings is 2. The van der Waals surface area contributed by atoms with Gasteiger partial charge >= 0.3 is 5.97 Å². The molecule has 3 rings (SSSR count). The zero-order valence-corrected chi connectivity index (χ0v) is 16.7. The average Bonchev–Trinajstić information content (AvgIpc) is 2.90.